The van der Waals surface area contributed by atoms with Crippen LogP contribution in [0.1, 0.15) is 24.6 Å². The summed E-state index contributed by atoms with van der Waals surface area (Å²) >= 11 is 0. The van der Waals surface area contributed by atoms with Gasteiger partial charge in [-0.1, -0.05) is 0 Å². The van der Waals surface area contributed by atoms with Crippen LogP contribution in [-0.4, -0.2) is 30.8 Å². The third-order valence-corrected chi connectivity index (χ3v) is 3.27. The van der Waals surface area contributed by atoms with Gasteiger partial charge in [0.2, 0.25) is 0 Å². The molecule has 7 heteroatoms. The summed E-state index contributed by atoms with van der Waals surface area (Å²) in [7, 11) is 0. The Morgan fingerprint density at radius 2 is 2.25 bits per heavy atom. The van der Waals surface area contributed by atoms with Crippen molar-refractivity contribution in [2.75, 3.05) is 24.7 Å². The fraction of sp³-hybridized carbons (Fsp3) is 0.538. The lowest BCUT2D eigenvalue weighted by atomic mass is 10.1. The zero-order valence-electron chi connectivity index (χ0n) is 10.9. The van der Waals surface area contributed by atoms with E-state index in [1.807, 2.05) is 11.8 Å². The van der Waals surface area contributed by atoms with Gasteiger partial charge >= 0.3 is 6.18 Å². The molecule has 1 saturated heterocycles. The highest BCUT2D eigenvalue weighted by molar-refractivity contribution is 5.47. The van der Waals surface area contributed by atoms with Crippen LogP contribution >= 0.6 is 0 Å². The molecule has 1 aromatic heterocycles. The first-order valence-electron chi connectivity index (χ1n) is 6.30. The number of likely N-dealkylation sites (N-methyl/N-ethyl adjacent to an activating group) is 1. The van der Waals surface area contributed by atoms with Crippen LogP contribution < -0.4 is 4.90 Å². The van der Waals surface area contributed by atoms with Crippen LogP contribution in [0.5, 0.6) is 0 Å². The second-order valence-corrected chi connectivity index (χ2v) is 4.48. The van der Waals surface area contributed by atoms with E-state index in [0.29, 0.717) is 25.6 Å². The monoisotopic (exact) mass is 285 g/mol. The molecule has 0 saturated carbocycles. The molecule has 4 nitrogen and oxygen atoms in total. The van der Waals surface area contributed by atoms with Crippen molar-refractivity contribution >= 4 is 5.82 Å². The summed E-state index contributed by atoms with van der Waals surface area (Å²) in [5.41, 5.74) is -1.59. The number of hydrogen-bond acceptors (Lipinski definition) is 4. The van der Waals surface area contributed by atoms with Crippen molar-refractivity contribution in [2.24, 2.45) is 0 Å². The summed E-state index contributed by atoms with van der Waals surface area (Å²) in [4.78, 5) is 5.73. The first-order valence-corrected chi connectivity index (χ1v) is 6.30. The van der Waals surface area contributed by atoms with E-state index >= 15 is 0 Å². The van der Waals surface area contributed by atoms with E-state index in [9.17, 15) is 13.2 Å². The molecular weight excluding hydrogens is 271 g/mol. The van der Waals surface area contributed by atoms with Crippen LogP contribution in [0.3, 0.4) is 0 Å². The molecule has 0 N–H and O–H groups in total. The number of rotatable bonds is 3. The topological polar surface area (TPSA) is 49.2 Å². The Morgan fingerprint density at radius 3 is 2.75 bits per heavy atom. The van der Waals surface area contributed by atoms with E-state index in [1.54, 1.807) is 0 Å². The molecule has 1 fully saturated rings. The lowest BCUT2D eigenvalue weighted by Gasteiger charge is -2.28. The van der Waals surface area contributed by atoms with Crippen LogP contribution in [0.4, 0.5) is 19.0 Å². The van der Waals surface area contributed by atoms with Crippen molar-refractivity contribution in [1.82, 2.24) is 4.98 Å². The predicted molar refractivity (Wildman–Crippen MR) is 66.2 cm³/mol. The molecule has 1 aromatic rings. The molecule has 0 amide bonds. The van der Waals surface area contributed by atoms with Crippen LogP contribution in [-0.2, 0) is 10.9 Å². The molecule has 1 unspecified atom stereocenters. The lowest BCUT2D eigenvalue weighted by molar-refractivity contribution is -0.138. The number of halogens is 3. The normalized spacial score (nSPS) is 18.9. The number of aromatic nitrogens is 1. The van der Waals surface area contributed by atoms with Gasteiger partial charge in [0.15, 0.2) is 5.69 Å². The molecule has 108 valence electrons. The van der Waals surface area contributed by atoms with Gasteiger partial charge in [0, 0.05) is 13.2 Å². The third-order valence-electron chi connectivity index (χ3n) is 3.27. The molecule has 0 bridgehead atoms. The van der Waals surface area contributed by atoms with Gasteiger partial charge in [-0.3, -0.25) is 0 Å². The van der Waals surface area contributed by atoms with Crippen molar-refractivity contribution in [2.45, 2.75) is 25.6 Å². The maximum atomic E-state index is 12.7. The highest BCUT2D eigenvalue weighted by Gasteiger charge is 2.35. The number of nitriles is 1. The molecule has 2 heterocycles. The van der Waals surface area contributed by atoms with Gasteiger partial charge in [-0.2, -0.15) is 18.4 Å². The summed E-state index contributed by atoms with van der Waals surface area (Å²) in [6, 6.07) is 3.84. The minimum absolute atomic E-state index is 0.0933. The van der Waals surface area contributed by atoms with Crippen LogP contribution in [0.25, 0.3) is 0 Å². The van der Waals surface area contributed by atoms with Gasteiger partial charge < -0.3 is 9.64 Å². The van der Waals surface area contributed by atoms with Gasteiger partial charge in [0.1, 0.15) is 11.9 Å². The Bertz CT molecular complexity index is 519. The zero-order chi connectivity index (χ0) is 14.8. The lowest BCUT2D eigenvalue weighted by Crippen LogP contribution is -2.36. The second kappa shape index (κ2) is 5.67. The minimum atomic E-state index is -4.57. The zero-order valence-corrected chi connectivity index (χ0v) is 10.9. The molecule has 0 spiro atoms. The predicted octanol–water partition coefficient (Wildman–Crippen LogP) is 2.59. The molecule has 1 atom stereocenters. The van der Waals surface area contributed by atoms with Gasteiger partial charge in [0.25, 0.3) is 0 Å². The summed E-state index contributed by atoms with van der Waals surface area (Å²) < 4.78 is 43.5. The van der Waals surface area contributed by atoms with Gasteiger partial charge in [0.05, 0.1) is 18.2 Å². The fourth-order valence-corrected chi connectivity index (χ4v) is 2.30. The molecule has 2 rings (SSSR count). The fourth-order valence-electron chi connectivity index (χ4n) is 2.30. The number of nitrogens with zero attached hydrogens (tertiary/aromatic N) is 3. The van der Waals surface area contributed by atoms with E-state index < -0.39 is 17.4 Å². The SMILES string of the molecule is CCN(c1ccc(C(F)(F)F)c(C#N)n1)C1CCOC1. The van der Waals surface area contributed by atoms with E-state index in [1.165, 1.54) is 12.1 Å². The van der Waals surface area contributed by atoms with Crippen molar-refractivity contribution in [3.05, 3.63) is 23.4 Å². The van der Waals surface area contributed by atoms with Crippen molar-refractivity contribution in [3.8, 4) is 6.07 Å². The van der Waals surface area contributed by atoms with E-state index in [2.05, 4.69) is 4.98 Å². The Hall–Kier alpha value is -1.81. The average molecular weight is 285 g/mol. The van der Waals surface area contributed by atoms with Crippen LogP contribution in [0, 0.1) is 11.3 Å². The first-order chi connectivity index (χ1) is 9.47. The molecule has 20 heavy (non-hydrogen) atoms. The third kappa shape index (κ3) is 2.85. The molecule has 1 aliphatic rings. The standard InChI is InChI=1S/C13H14F3N3O/c1-2-19(9-5-6-20-8-9)12-4-3-10(13(14,15)16)11(7-17)18-12/h3-4,9H,2,5-6,8H2,1H3. The van der Waals surface area contributed by atoms with Crippen LogP contribution in [0.15, 0.2) is 12.1 Å². The Morgan fingerprint density at radius 1 is 1.50 bits per heavy atom. The van der Waals surface area contributed by atoms with E-state index in [4.69, 9.17) is 10.00 Å². The molecule has 0 radical (unpaired) electrons. The first kappa shape index (κ1) is 14.6. The molecular formula is C13H14F3N3O. The van der Waals surface area contributed by atoms with E-state index in [-0.39, 0.29) is 6.04 Å². The average Bonchev–Trinajstić information content (AvgIpc) is 2.92. The highest BCUT2D eigenvalue weighted by Crippen LogP contribution is 2.32. The number of anilines is 1. The van der Waals surface area contributed by atoms with Gasteiger partial charge in [-0.15, -0.1) is 0 Å². The summed E-state index contributed by atoms with van der Waals surface area (Å²) in [5.74, 6) is 0.382. The minimum Gasteiger partial charge on any atom is -0.379 e. The van der Waals surface area contributed by atoms with E-state index in [0.717, 1.165) is 12.5 Å². The molecule has 0 aliphatic carbocycles. The van der Waals surface area contributed by atoms with Crippen molar-refractivity contribution < 1.29 is 17.9 Å². The quantitative estimate of drug-likeness (QED) is 0.856. The number of alkyl halides is 3. The Balaban J connectivity index is 2.35. The maximum Gasteiger partial charge on any atom is 0.419 e. The Labute approximate surface area is 114 Å². The van der Waals surface area contributed by atoms with Crippen molar-refractivity contribution in [3.63, 3.8) is 0 Å². The molecule has 1 aliphatic heterocycles. The van der Waals surface area contributed by atoms with Crippen LogP contribution in [0.2, 0.25) is 0 Å². The largest absolute Gasteiger partial charge is 0.419 e. The number of ether oxygens (including phenoxy) is 1. The van der Waals surface area contributed by atoms with Crippen molar-refractivity contribution in [1.29, 1.82) is 5.26 Å². The maximum absolute atomic E-state index is 12.7. The number of hydrogen-bond donors (Lipinski definition) is 0. The summed E-state index contributed by atoms with van der Waals surface area (Å²) in [6.07, 6.45) is -3.76. The molecule has 0 aromatic carbocycles. The Kier molecular flexibility index (Phi) is 4.14. The second-order valence-electron chi connectivity index (χ2n) is 4.48. The van der Waals surface area contributed by atoms with Gasteiger partial charge in [-0.05, 0) is 25.5 Å². The summed E-state index contributed by atoms with van der Waals surface area (Å²) in [5, 5.41) is 8.87. The van der Waals surface area contributed by atoms with Gasteiger partial charge in [-0.25, -0.2) is 4.98 Å². The number of pyridine rings is 1. The highest BCUT2D eigenvalue weighted by atomic mass is 19.4. The summed E-state index contributed by atoms with van der Waals surface area (Å²) in [6.45, 7) is 3.65. The smallest absolute Gasteiger partial charge is 0.379 e.